The van der Waals surface area contributed by atoms with E-state index in [2.05, 4.69) is 11.5 Å². The Bertz CT molecular complexity index is 122. The number of aliphatic hydroxyl groups is 2. The Morgan fingerprint density at radius 1 is 0.917 bits per heavy atom. The average Bonchev–Trinajstić information content (AvgIpc) is 1.87. The Hall–Kier alpha value is -1.14. The molecule has 0 aliphatic carbocycles. The quantitative estimate of drug-likeness (QED) is 0.386. The van der Waals surface area contributed by atoms with Gasteiger partial charge in [0.1, 0.15) is 0 Å². The van der Waals surface area contributed by atoms with Crippen molar-refractivity contribution in [1.82, 2.24) is 0 Å². The molecule has 0 aliphatic rings. The van der Waals surface area contributed by atoms with Gasteiger partial charge in [-0.25, -0.2) is 0 Å². The van der Waals surface area contributed by atoms with E-state index in [1.165, 1.54) is 0 Å². The molecule has 0 aromatic rings. The number of hydrogen-bond acceptors (Lipinski definition) is 4. The molecular weight excluding hydrogens is 164 g/mol. The lowest BCUT2D eigenvalue weighted by Gasteiger charge is -1.81. The number of hydrogen-bond donors (Lipinski definition) is 4. The molecule has 6 N–H and O–H groups in total. The highest BCUT2D eigenvalue weighted by atomic mass is 16.3. The van der Waals surface area contributed by atoms with Gasteiger partial charge in [0.15, 0.2) is 0 Å². The summed E-state index contributed by atoms with van der Waals surface area (Å²) in [6, 6.07) is 0. The molecule has 0 aromatic carbocycles. The number of aliphatic hydroxyl groups excluding tert-OH is 2. The lowest BCUT2D eigenvalue weighted by molar-refractivity contribution is -0.119. The predicted molar refractivity (Wildman–Crippen MR) is 41.8 cm³/mol. The molecule has 0 fully saturated rings. The fourth-order valence-corrected chi connectivity index (χ4v) is 0.220. The van der Waals surface area contributed by atoms with Gasteiger partial charge in [0.05, 0.1) is 13.2 Å². The van der Waals surface area contributed by atoms with Crippen LogP contribution in [0.5, 0.6) is 0 Å². The largest absolute Gasteiger partial charge is 0.396 e. The Labute approximate surface area is 70.2 Å². The molecule has 0 radical (unpaired) electrons. The van der Waals surface area contributed by atoms with E-state index in [0.29, 0.717) is 0 Å². The highest BCUT2D eigenvalue weighted by Gasteiger charge is 1.86. The van der Waals surface area contributed by atoms with Crippen LogP contribution in [0.2, 0.25) is 0 Å². The molecule has 0 unspecified atom stereocenters. The molecule has 6 heteroatoms. The average molecular weight is 178 g/mol. The molecule has 0 rings (SSSR count). The first-order valence-electron chi connectivity index (χ1n) is 3.33. The molecule has 0 aromatic heterocycles. The van der Waals surface area contributed by atoms with E-state index < -0.39 is 11.8 Å². The monoisotopic (exact) mass is 178 g/mol. The van der Waals surface area contributed by atoms with Crippen molar-refractivity contribution in [3.63, 3.8) is 0 Å². The van der Waals surface area contributed by atoms with E-state index in [9.17, 15) is 9.59 Å². The lowest BCUT2D eigenvalue weighted by Crippen LogP contribution is -2.11. The highest BCUT2D eigenvalue weighted by Crippen LogP contribution is 1.67. The van der Waals surface area contributed by atoms with Crippen molar-refractivity contribution in [1.29, 1.82) is 0 Å². The highest BCUT2D eigenvalue weighted by molar-refractivity contribution is 5.73. The van der Waals surface area contributed by atoms with E-state index in [-0.39, 0.29) is 26.1 Å². The number of nitrogens with two attached hydrogens (primary N) is 2. The van der Waals surface area contributed by atoms with Crippen molar-refractivity contribution >= 4 is 11.8 Å². The van der Waals surface area contributed by atoms with Crippen molar-refractivity contribution in [3.8, 4) is 0 Å². The molecule has 0 saturated carbocycles. The smallest absolute Gasteiger partial charge is 0.219 e. The summed E-state index contributed by atoms with van der Waals surface area (Å²) in [6.07, 6.45) is 0.139. The third-order valence-electron chi connectivity index (χ3n) is 0.716. The second-order valence-corrected chi connectivity index (χ2v) is 1.88. The van der Waals surface area contributed by atoms with E-state index in [4.69, 9.17) is 10.2 Å². The first-order valence-corrected chi connectivity index (χ1v) is 3.33. The van der Waals surface area contributed by atoms with Gasteiger partial charge in [-0.3, -0.25) is 9.59 Å². The van der Waals surface area contributed by atoms with Crippen LogP contribution in [0.25, 0.3) is 0 Å². The maximum absolute atomic E-state index is 9.66. The summed E-state index contributed by atoms with van der Waals surface area (Å²) >= 11 is 0. The van der Waals surface area contributed by atoms with Gasteiger partial charge in [0.25, 0.3) is 0 Å². The molecule has 6 nitrogen and oxygen atoms in total. The summed E-state index contributed by atoms with van der Waals surface area (Å²) in [4.78, 5) is 19.3. The van der Waals surface area contributed by atoms with Crippen molar-refractivity contribution < 1.29 is 19.8 Å². The van der Waals surface area contributed by atoms with Crippen LogP contribution in [0.3, 0.4) is 0 Å². The van der Waals surface area contributed by atoms with Crippen LogP contribution in [0.15, 0.2) is 0 Å². The molecule has 0 atom stereocenters. The zero-order valence-corrected chi connectivity index (χ0v) is 6.69. The zero-order valence-electron chi connectivity index (χ0n) is 6.69. The number of primary amides is 2. The maximum Gasteiger partial charge on any atom is 0.219 e. The van der Waals surface area contributed by atoms with Gasteiger partial charge < -0.3 is 21.7 Å². The Balaban J connectivity index is 0. The molecule has 0 saturated heterocycles. The third kappa shape index (κ3) is 23.2. The Morgan fingerprint density at radius 2 is 1.17 bits per heavy atom. The Morgan fingerprint density at radius 3 is 1.17 bits per heavy atom. The minimum absolute atomic E-state index is 0.0694. The molecule has 0 bridgehead atoms. The fraction of sp³-hybridized carbons (Fsp3) is 0.667. The summed E-state index contributed by atoms with van der Waals surface area (Å²) in [6.45, 7) is -0.287. The molecule has 12 heavy (non-hydrogen) atoms. The predicted octanol–water partition coefficient (Wildman–Crippen LogP) is -2.29. The van der Waals surface area contributed by atoms with E-state index in [1.54, 1.807) is 0 Å². The van der Waals surface area contributed by atoms with Gasteiger partial charge in [-0.15, -0.1) is 0 Å². The van der Waals surface area contributed by atoms with Gasteiger partial charge in [0, 0.05) is 12.8 Å². The summed E-state index contributed by atoms with van der Waals surface area (Å²) in [5, 5.41) is 15.9. The number of carbonyl (C=O) groups is 2. The van der Waals surface area contributed by atoms with Gasteiger partial charge in [0.2, 0.25) is 11.8 Å². The van der Waals surface area contributed by atoms with Crippen molar-refractivity contribution in [2.75, 3.05) is 13.2 Å². The van der Waals surface area contributed by atoms with Crippen LogP contribution in [0, 0.1) is 0 Å². The SMILES string of the molecule is NC(=O)CCO.NC(=O)CCO. The van der Waals surface area contributed by atoms with Gasteiger partial charge in [-0.05, 0) is 0 Å². The molecule has 72 valence electrons. The maximum atomic E-state index is 9.66. The van der Waals surface area contributed by atoms with Crippen LogP contribution in [-0.4, -0.2) is 35.2 Å². The van der Waals surface area contributed by atoms with Crippen LogP contribution in [0.4, 0.5) is 0 Å². The van der Waals surface area contributed by atoms with Crippen LogP contribution in [0.1, 0.15) is 12.8 Å². The Kier molecular flexibility index (Phi) is 11.1. The second kappa shape index (κ2) is 9.86. The van der Waals surface area contributed by atoms with Crippen molar-refractivity contribution in [2.45, 2.75) is 12.8 Å². The van der Waals surface area contributed by atoms with Gasteiger partial charge >= 0.3 is 0 Å². The zero-order chi connectivity index (χ0) is 9.98. The minimum atomic E-state index is -0.461. The summed E-state index contributed by atoms with van der Waals surface area (Å²) < 4.78 is 0. The minimum Gasteiger partial charge on any atom is -0.396 e. The number of rotatable bonds is 4. The van der Waals surface area contributed by atoms with E-state index >= 15 is 0 Å². The molecule has 2 amide bonds. The van der Waals surface area contributed by atoms with Crippen molar-refractivity contribution in [2.24, 2.45) is 11.5 Å². The molecular formula is C6H14N2O4. The summed E-state index contributed by atoms with van der Waals surface area (Å²) in [5.41, 5.74) is 9.21. The van der Waals surface area contributed by atoms with E-state index in [1.807, 2.05) is 0 Å². The van der Waals surface area contributed by atoms with Crippen LogP contribution >= 0.6 is 0 Å². The number of amides is 2. The summed E-state index contributed by atoms with van der Waals surface area (Å²) in [7, 11) is 0. The van der Waals surface area contributed by atoms with Gasteiger partial charge in [-0.2, -0.15) is 0 Å². The molecule has 0 spiro atoms. The second-order valence-electron chi connectivity index (χ2n) is 1.88. The van der Waals surface area contributed by atoms with E-state index in [0.717, 1.165) is 0 Å². The first-order chi connectivity index (χ1) is 5.54. The lowest BCUT2D eigenvalue weighted by atomic mass is 10.4. The molecule has 0 heterocycles. The first kappa shape index (κ1) is 13.4. The number of carbonyl (C=O) groups excluding carboxylic acids is 2. The van der Waals surface area contributed by atoms with Crippen LogP contribution in [-0.2, 0) is 9.59 Å². The normalized spacial score (nSPS) is 8.17. The fourth-order valence-electron chi connectivity index (χ4n) is 0.220. The molecule has 0 aliphatic heterocycles. The van der Waals surface area contributed by atoms with Gasteiger partial charge in [-0.1, -0.05) is 0 Å². The standard InChI is InChI=1S/2C3H7NO2/c2*4-3(6)1-2-5/h2*5H,1-2H2,(H2,4,6). The topological polar surface area (TPSA) is 127 Å². The summed E-state index contributed by atoms with van der Waals surface area (Å²) in [5.74, 6) is -0.921. The van der Waals surface area contributed by atoms with Crippen molar-refractivity contribution in [3.05, 3.63) is 0 Å². The van der Waals surface area contributed by atoms with Crippen LogP contribution < -0.4 is 11.5 Å². The third-order valence-corrected chi connectivity index (χ3v) is 0.716.